The van der Waals surface area contributed by atoms with Crippen molar-refractivity contribution in [1.29, 1.82) is 0 Å². The summed E-state index contributed by atoms with van der Waals surface area (Å²) in [5.41, 5.74) is 2.25. The van der Waals surface area contributed by atoms with Crippen LogP contribution in [0.2, 0.25) is 0 Å². The maximum atomic E-state index is 11.8. The van der Waals surface area contributed by atoms with E-state index < -0.39 is 0 Å². The fraction of sp³-hybridized carbons (Fsp3) is 0.125. The largest absolute Gasteiger partial charge is 0.367 e. The highest BCUT2D eigenvalue weighted by Gasteiger charge is 2.04. The number of amides is 1. The number of para-hydroxylation sites is 2. The standard InChI is InChI=1S/C16H15N5O/c22-16(12-4-3-7-17-10-12)19-9-8-18-15-11-20-13-5-1-2-6-14(13)21-15/h1-7,10-11H,8-9H2,(H,18,21)(H,19,22). The van der Waals surface area contributed by atoms with Crippen LogP contribution < -0.4 is 10.6 Å². The van der Waals surface area contributed by atoms with Crippen molar-refractivity contribution in [1.82, 2.24) is 20.3 Å². The molecule has 3 rings (SSSR count). The first kappa shape index (κ1) is 13.9. The molecule has 1 amide bonds. The summed E-state index contributed by atoms with van der Waals surface area (Å²) in [6.07, 6.45) is 4.86. The maximum absolute atomic E-state index is 11.8. The number of carbonyl (C=O) groups is 1. The summed E-state index contributed by atoms with van der Waals surface area (Å²) < 4.78 is 0. The first-order chi connectivity index (χ1) is 10.8. The molecule has 6 heteroatoms. The molecule has 0 aliphatic rings. The molecule has 2 N–H and O–H groups in total. The quantitative estimate of drug-likeness (QED) is 0.702. The molecule has 0 radical (unpaired) electrons. The van der Waals surface area contributed by atoms with E-state index in [0.29, 0.717) is 24.5 Å². The van der Waals surface area contributed by atoms with E-state index >= 15 is 0 Å². The molecule has 0 spiro atoms. The molecule has 22 heavy (non-hydrogen) atoms. The van der Waals surface area contributed by atoms with Crippen molar-refractivity contribution in [3.63, 3.8) is 0 Å². The van der Waals surface area contributed by atoms with Gasteiger partial charge in [-0.05, 0) is 24.3 Å². The molecule has 6 nitrogen and oxygen atoms in total. The van der Waals surface area contributed by atoms with Gasteiger partial charge in [0.15, 0.2) is 0 Å². The second-order valence-corrected chi connectivity index (χ2v) is 4.67. The van der Waals surface area contributed by atoms with Crippen LogP contribution in [0.15, 0.2) is 55.0 Å². The molecule has 1 aromatic carbocycles. The predicted molar refractivity (Wildman–Crippen MR) is 84.6 cm³/mol. The fourth-order valence-electron chi connectivity index (χ4n) is 2.01. The Kier molecular flexibility index (Phi) is 4.20. The first-order valence-electron chi connectivity index (χ1n) is 6.97. The van der Waals surface area contributed by atoms with Crippen LogP contribution in [0, 0.1) is 0 Å². The number of anilines is 1. The van der Waals surface area contributed by atoms with E-state index in [1.165, 1.54) is 6.20 Å². The minimum absolute atomic E-state index is 0.139. The van der Waals surface area contributed by atoms with Crippen molar-refractivity contribution < 1.29 is 4.79 Å². The molecule has 0 saturated carbocycles. The Labute approximate surface area is 127 Å². The van der Waals surface area contributed by atoms with Crippen LogP contribution in [0.3, 0.4) is 0 Å². The average Bonchev–Trinajstić information content (AvgIpc) is 2.59. The van der Waals surface area contributed by atoms with Gasteiger partial charge in [0.2, 0.25) is 0 Å². The molecular formula is C16H15N5O. The molecule has 2 heterocycles. The molecule has 0 atom stereocenters. The van der Waals surface area contributed by atoms with Crippen LogP contribution in [0.1, 0.15) is 10.4 Å². The van der Waals surface area contributed by atoms with E-state index in [2.05, 4.69) is 25.6 Å². The number of pyridine rings is 1. The third-order valence-electron chi connectivity index (χ3n) is 3.09. The number of fused-ring (bicyclic) bond motifs is 1. The van der Waals surface area contributed by atoms with Crippen LogP contribution >= 0.6 is 0 Å². The number of nitrogens with zero attached hydrogens (tertiary/aromatic N) is 3. The lowest BCUT2D eigenvalue weighted by Crippen LogP contribution is -2.28. The molecule has 0 saturated heterocycles. The van der Waals surface area contributed by atoms with Gasteiger partial charge in [0.25, 0.3) is 5.91 Å². The summed E-state index contributed by atoms with van der Waals surface area (Å²) in [5, 5.41) is 5.96. The normalized spacial score (nSPS) is 10.4. The molecule has 0 unspecified atom stereocenters. The summed E-state index contributed by atoms with van der Waals surface area (Å²) >= 11 is 0. The van der Waals surface area contributed by atoms with Gasteiger partial charge in [-0.2, -0.15) is 0 Å². The third-order valence-corrected chi connectivity index (χ3v) is 3.09. The highest BCUT2D eigenvalue weighted by Crippen LogP contribution is 2.10. The number of hydrogen-bond donors (Lipinski definition) is 2. The number of aromatic nitrogens is 3. The molecule has 0 bridgehead atoms. The lowest BCUT2D eigenvalue weighted by Gasteiger charge is -2.07. The summed E-state index contributed by atoms with van der Waals surface area (Å²) in [4.78, 5) is 24.5. The summed E-state index contributed by atoms with van der Waals surface area (Å²) in [6, 6.07) is 11.1. The highest BCUT2D eigenvalue weighted by atomic mass is 16.1. The van der Waals surface area contributed by atoms with Crippen LogP contribution in [0.25, 0.3) is 11.0 Å². The number of carbonyl (C=O) groups excluding carboxylic acids is 1. The Morgan fingerprint density at radius 1 is 1.00 bits per heavy atom. The molecule has 0 fully saturated rings. The molecule has 3 aromatic rings. The topological polar surface area (TPSA) is 79.8 Å². The zero-order chi connectivity index (χ0) is 15.2. The van der Waals surface area contributed by atoms with E-state index in [-0.39, 0.29) is 5.91 Å². The SMILES string of the molecule is O=C(NCCNc1cnc2ccccc2n1)c1cccnc1. The Morgan fingerprint density at radius 2 is 1.86 bits per heavy atom. The van der Waals surface area contributed by atoms with E-state index in [0.717, 1.165) is 11.0 Å². The maximum Gasteiger partial charge on any atom is 0.252 e. The second-order valence-electron chi connectivity index (χ2n) is 4.67. The zero-order valence-corrected chi connectivity index (χ0v) is 11.9. The van der Waals surface area contributed by atoms with E-state index in [1.807, 2.05) is 24.3 Å². The van der Waals surface area contributed by atoms with Gasteiger partial charge in [0, 0.05) is 25.5 Å². The molecular weight excluding hydrogens is 278 g/mol. The van der Waals surface area contributed by atoms with Gasteiger partial charge in [0.05, 0.1) is 22.8 Å². The number of nitrogens with one attached hydrogen (secondary N) is 2. The van der Waals surface area contributed by atoms with Gasteiger partial charge < -0.3 is 10.6 Å². The van der Waals surface area contributed by atoms with Crippen LogP contribution in [-0.4, -0.2) is 33.9 Å². The third kappa shape index (κ3) is 3.35. The van der Waals surface area contributed by atoms with Gasteiger partial charge >= 0.3 is 0 Å². The fourth-order valence-corrected chi connectivity index (χ4v) is 2.01. The Hall–Kier alpha value is -3.02. The van der Waals surface area contributed by atoms with E-state index in [9.17, 15) is 4.79 Å². The van der Waals surface area contributed by atoms with E-state index in [1.54, 1.807) is 24.5 Å². The Balaban J connectivity index is 1.51. The van der Waals surface area contributed by atoms with Crippen molar-refractivity contribution in [3.05, 3.63) is 60.6 Å². The molecule has 110 valence electrons. The Bertz CT molecular complexity index is 776. The number of benzene rings is 1. The minimum Gasteiger partial charge on any atom is -0.367 e. The molecule has 0 aliphatic heterocycles. The smallest absolute Gasteiger partial charge is 0.252 e. The highest BCUT2D eigenvalue weighted by molar-refractivity contribution is 5.93. The summed E-state index contributed by atoms with van der Waals surface area (Å²) in [6.45, 7) is 1.06. The second kappa shape index (κ2) is 6.62. The lowest BCUT2D eigenvalue weighted by atomic mass is 10.3. The molecule has 2 aromatic heterocycles. The average molecular weight is 293 g/mol. The van der Waals surface area contributed by atoms with Crippen molar-refractivity contribution in [3.8, 4) is 0 Å². The monoisotopic (exact) mass is 293 g/mol. The van der Waals surface area contributed by atoms with Crippen molar-refractivity contribution in [2.45, 2.75) is 0 Å². The van der Waals surface area contributed by atoms with Crippen LogP contribution in [0.4, 0.5) is 5.82 Å². The summed E-state index contributed by atoms with van der Waals surface area (Å²) in [7, 11) is 0. The summed E-state index contributed by atoms with van der Waals surface area (Å²) in [5.74, 6) is 0.550. The van der Waals surface area contributed by atoms with Crippen LogP contribution in [-0.2, 0) is 0 Å². The lowest BCUT2D eigenvalue weighted by molar-refractivity contribution is 0.0955. The van der Waals surface area contributed by atoms with Gasteiger partial charge in [-0.15, -0.1) is 0 Å². The van der Waals surface area contributed by atoms with Gasteiger partial charge in [-0.25, -0.2) is 4.98 Å². The Morgan fingerprint density at radius 3 is 2.68 bits per heavy atom. The first-order valence-corrected chi connectivity index (χ1v) is 6.97. The van der Waals surface area contributed by atoms with Crippen molar-refractivity contribution >= 4 is 22.8 Å². The van der Waals surface area contributed by atoms with Gasteiger partial charge in [-0.3, -0.25) is 14.8 Å². The zero-order valence-electron chi connectivity index (χ0n) is 11.9. The molecule has 0 aliphatic carbocycles. The van der Waals surface area contributed by atoms with Crippen LogP contribution in [0.5, 0.6) is 0 Å². The predicted octanol–water partition coefficient (Wildman–Crippen LogP) is 1.87. The van der Waals surface area contributed by atoms with Gasteiger partial charge in [0.1, 0.15) is 5.82 Å². The minimum atomic E-state index is -0.139. The number of hydrogen-bond acceptors (Lipinski definition) is 5. The van der Waals surface area contributed by atoms with Crippen molar-refractivity contribution in [2.24, 2.45) is 0 Å². The van der Waals surface area contributed by atoms with Gasteiger partial charge in [-0.1, -0.05) is 12.1 Å². The van der Waals surface area contributed by atoms with Crippen molar-refractivity contribution in [2.75, 3.05) is 18.4 Å². The number of rotatable bonds is 5. The van der Waals surface area contributed by atoms with E-state index in [4.69, 9.17) is 0 Å².